The van der Waals surface area contributed by atoms with Gasteiger partial charge in [-0.1, -0.05) is 0 Å². The molecule has 4 nitrogen and oxygen atoms in total. The fourth-order valence-corrected chi connectivity index (χ4v) is 2.52. The summed E-state index contributed by atoms with van der Waals surface area (Å²) in [5.74, 6) is 0.874. The van der Waals surface area contributed by atoms with E-state index in [1.54, 1.807) is 6.26 Å². The topological polar surface area (TPSA) is 42.7 Å². The van der Waals surface area contributed by atoms with Crippen LogP contribution in [0.4, 0.5) is 4.79 Å². The zero-order valence-corrected chi connectivity index (χ0v) is 8.39. The number of carbonyl (C=O) groups is 1. The first-order valence-electron chi connectivity index (χ1n) is 5.35. The van der Waals surface area contributed by atoms with Crippen molar-refractivity contribution in [2.24, 2.45) is 0 Å². The zero-order valence-electron chi connectivity index (χ0n) is 8.39. The summed E-state index contributed by atoms with van der Waals surface area (Å²) in [6, 6.07) is 4.12. The second-order valence-electron chi connectivity index (χ2n) is 4.10. The minimum Gasteiger partial charge on any atom is -0.467 e. The van der Waals surface area contributed by atoms with Crippen molar-refractivity contribution >= 4 is 6.09 Å². The van der Waals surface area contributed by atoms with Crippen LogP contribution in [0.25, 0.3) is 0 Å². The first-order chi connectivity index (χ1) is 7.36. The van der Waals surface area contributed by atoms with Crippen molar-refractivity contribution in [3.05, 3.63) is 24.2 Å². The monoisotopic (exact) mass is 207 g/mol. The number of carbonyl (C=O) groups excluding carboxylic acids is 1. The summed E-state index contributed by atoms with van der Waals surface area (Å²) < 4.78 is 10.5. The molecule has 3 rings (SSSR count). The zero-order chi connectivity index (χ0) is 10.3. The Kier molecular flexibility index (Phi) is 1.94. The highest BCUT2D eigenvalue weighted by molar-refractivity contribution is 5.70. The number of nitrogens with zero attached hydrogens (tertiary/aromatic N) is 1. The van der Waals surface area contributed by atoms with E-state index in [9.17, 15) is 4.79 Å². The Morgan fingerprint density at radius 3 is 3.13 bits per heavy atom. The lowest BCUT2D eigenvalue weighted by atomic mass is 9.95. The predicted molar refractivity (Wildman–Crippen MR) is 52.3 cm³/mol. The number of ether oxygens (including phenoxy) is 1. The predicted octanol–water partition coefficient (Wildman–Crippen LogP) is 2.33. The van der Waals surface area contributed by atoms with Crippen LogP contribution in [0, 0.1) is 0 Å². The lowest BCUT2D eigenvalue weighted by molar-refractivity contribution is 0.118. The van der Waals surface area contributed by atoms with Crippen molar-refractivity contribution in [2.75, 3.05) is 6.61 Å². The van der Waals surface area contributed by atoms with Crippen LogP contribution in [-0.2, 0) is 4.74 Å². The molecule has 3 heterocycles. The summed E-state index contributed by atoms with van der Waals surface area (Å²) in [5, 5.41) is 0. The number of hydrogen-bond acceptors (Lipinski definition) is 3. The molecule has 0 radical (unpaired) electrons. The third-order valence-corrected chi connectivity index (χ3v) is 3.23. The number of amides is 1. The molecule has 2 aliphatic heterocycles. The highest BCUT2D eigenvalue weighted by Gasteiger charge is 2.42. The molecule has 2 saturated heterocycles. The maximum absolute atomic E-state index is 11.6. The summed E-state index contributed by atoms with van der Waals surface area (Å²) in [7, 11) is 0. The molecule has 0 aliphatic carbocycles. The number of hydrogen-bond donors (Lipinski definition) is 0. The van der Waals surface area contributed by atoms with E-state index in [-0.39, 0.29) is 18.2 Å². The van der Waals surface area contributed by atoms with Gasteiger partial charge in [0.1, 0.15) is 12.4 Å². The molecule has 4 heteroatoms. The van der Waals surface area contributed by atoms with Gasteiger partial charge in [-0.15, -0.1) is 0 Å². The van der Waals surface area contributed by atoms with Crippen LogP contribution in [0.2, 0.25) is 0 Å². The van der Waals surface area contributed by atoms with Crippen LogP contribution in [0.3, 0.4) is 0 Å². The summed E-state index contributed by atoms with van der Waals surface area (Å²) in [5.41, 5.74) is 0. The normalized spacial score (nSPS) is 30.1. The second kappa shape index (κ2) is 3.29. The van der Waals surface area contributed by atoms with Crippen molar-refractivity contribution < 1.29 is 13.9 Å². The number of piperidine rings is 1. The van der Waals surface area contributed by atoms with Gasteiger partial charge in [0, 0.05) is 0 Å². The van der Waals surface area contributed by atoms with Crippen LogP contribution in [0.1, 0.15) is 31.1 Å². The van der Waals surface area contributed by atoms with E-state index in [1.165, 1.54) is 0 Å². The first-order valence-corrected chi connectivity index (χ1v) is 5.35. The molecular formula is C11H13NO3. The fraction of sp³-hybridized carbons (Fsp3) is 0.545. The Balaban J connectivity index is 1.91. The van der Waals surface area contributed by atoms with Gasteiger partial charge < -0.3 is 9.15 Å². The second-order valence-corrected chi connectivity index (χ2v) is 4.10. The van der Waals surface area contributed by atoms with Gasteiger partial charge in [0.25, 0.3) is 0 Å². The SMILES string of the molecule is O=C1OC[C@@H]2CCC[C@@H](c3ccco3)N12. The lowest BCUT2D eigenvalue weighted by Gasteiger charge is -2.33. The molecule has 1 aromatic heterocycles. The van der Waals surface area contributed by atoms with Crippen LogP contribution in [0.15, 0.2) is 22.8 Å². The molecule has 0 spiro atoms. The maximum atomic E-state index is 11.6. The smallest absolute Gasteiger partial charge is 0.410 e. The molecule has 2 aliphatic rings. The minimum absolute atomic E-state index is 0.0775. The maximum Gasteiger partial charge on any atom is 0.410 e. The van der Waals surface area contributed by atoms with Crippen molar-refractivity contribution in [2.45, 2.75) is 31.3 Å². The van der Waals surface area contributed by atoms with E-state index in [4.69, 9.17) is 9.15 Å². The van der Waals surface area contributed by atoms with Crippen molar-refractivity contribution in [3.8, 4) is 0 Å². The number of cyclic esters (lactones) is 1. The quantitative estimate of drug-likeness (QED) is 0.709. The highest BCUT2D eigenvalue weighted by Crippen LogP contribution is 2.37. The van der Waals surface area contributed by atoms with Crippen molar-refractivity contribution in [1.29, 1.82) is 0 Å². The Bertz CT molecular complexity index is 360. The van der Waals surface area contributed by atoms with Crippen LogP contribution in [-0.4, -0.2) is 23.6 Å². The van der Waals surface area contributed by atoms with E-state index in [0.29, 0.717) is 6.61 Å². The van der Waals surface area contributed by atoms with E-state index in [0.717, 1.165) is 25.0 Å². The Labute approximate surface area is 87.8 Å². The average Bonchev–Trinajstić information content (AvgIpc) is 2.88. The van der Waals surface area contributed by atoms with Gasteiger partial charge in [-0.25, -0.2) is 4.79 Å². The average molecular weight is 207 g/mol. The highest BCUT2D eigenvalue weighted by atomic mass is 16.6. The Morgan fingerprint density at radius 2 is 2.33 bits per heavy atom. The van der Waals surface area contributed by atoms with Crippen molar-refractivity contribution in [3.63, 3.8) is 0 Å². The van der Waals surface area contributed by atoms with Gasteiger partial charge in [0.15, 0.2) is 0 Å². The molecule has 2 atom stereocenters. The van der Waals surface area contributed by atoms with E-state index in [2.05, 4.69) is 0 Å². The van der Waals surface area contributed by atoms with Gasteiger partial charge >= 0.3 is 6.09 Å². The molecule has 0 N–H and O–H groups in total. The Hall–Kier alpha value is -1.45. The summed E-state index contributed by atoms with van der Waals surface area (Å²) in [6.07, 6.45) is 4.60. The fourth-order valence-electron chi connectivity index (χ4n) is 2.52. The minimum atomic E-state index is -0.193. The third-order valence-electron chi connectivity index (χ3n) is 3.23. The molecular weight excluding hydrogens is 194 g/mol. The lowest BCUT2D eigenvalue weighted by Crippen LogP contribution is -2.40. The van der Waals surface area contributed by atoms with Gasteiger partial charge in [-0.3, -0.25) is 4.90 Å². The number of fused-ring (bicyclic) bond motifs is 1. The van der Waals surface area contributed by atoms with E-state index in [1.807, 2.05) is 17.0 Å². The van der Waals surface area contributed by atoms with Crippen LogP contribution < -0.4 is 0 Å². The molecule has 0 bridgehead atoms. The third kappa shape index (κ3) is 1.32. The molecule has 0 saturated carbocycles. The summed E-state index contributed by atoms with van der Waals surface area (Å²) in [4.78, 5) is 13.4. The molecule has 1 aromatic rings. The number of furan rings is 1. The van der Waals surface area contributed by atoms with Crippen LogP contribution >= 0.6 is 0 Å². The molecule has 1 amide bonds. The van der Waals surface area contributed by atoms with Gasteiger partial charge in [0.05, 0.1) is 18.3 Å². The van der Waals surface area contributed by atoms with Crippen LogP contribution in [0.5, 0.6) is 0 Å². The van der Waals surface area contributed by atoms with E-state index >= 15 is 0 Å². The van der Waals surface area contributed by atoms with Gasteiger partial charge in [-0.2, -0.15) is 0 Å². The molecule has 2 fully saturated rings. The van der Waals surface area contributed by atoms with Gasteiger partial charge in [-0.05, 0) is 31.4 Å². The molecule has 0 aromatic carbocycles. The van der Waals surface area contributed by atoms with Crippen molar-refractivity contribution in [1.82, 2.24) is 4.90 Å². The summed E-state index contributed by atoms with van der Waals surface area (Å²) in [6.45, 7) is 0.538. The van der Waals surface area contributed by atoms with Gasteiger partial charge in [0.2, 0.25) is 0 Å². The Morgan fingerprint density at radius 1 is 1.40 bits per heavy atom. The largest absolute Gasteiger partial charge is 0.467 e. The number of rotatable bonds is 1. The van der Waals surface area contributed by atoms with E-state index < -0.39 is 0 Å². The molecule has 80 valence electrons. The summed E-state index contributed by atoms with van der Waals surface area (Å²) >= 11 is 0. The molecule has 15 heavy (non-hydrogen) atoms. The molecule has 0 unspecified atom stereocenters. The first kappa shape index (κ1) is 8.83. The standard InChI is InChI=1S/C11H13NO3/c13-11-12-8(7-15-11)3-1-4-9(12)10-5-2-6-14-10/h2,5-6,8-9H,1,3-4,7H2/t8-,9-/m0/s1.